The van der Waals surface area contributed by atoms with Gasteiger partial charge in [0, 0.05) is 18.7 Å². The fourth-order valence-corrected chi connectivity index (χ4v) is 2.09. The number of hydrogen-bond acceptors (Lipinski definition) is 4. The van der Waals surface area contributed by atoms with E-state index in [1.807, 2.05) is 30.3 Å². The summed E-state index contributed by atoms with van der Waals surface area (Å²) in [6, 6.07) is 13.3. The fraction of sp³-hybridized carbons (Fsp3) is 0.188. The summed E-state index contributed by atoms with van der Waals surface area (Å²) in [6.07, 6.45) is -0.780. The second-order valence-electron chi connectivity index (χ2n) is 4.84. The molecule has 2 aromatic rings. The maximum atomic E-state index is 12.0. The summed E-state index contributed by atoms with van der Waals surface area (Å²) in [5.41, 5.74) is 0.838. The fourth-order valence-electron chi connectivity index (χ4n) is 1.87. The molecule has 2 rings (SSSR count). The highest BCUT2D eigenvalue weighted by atomic mass is 35.5. The summed E-state index contributed by atoms with van der Waals surface area (Å²) in [5.74, 6) is -0.0806. The van der Waals surface area contributed by atoms with Gasteiger partial charge in [-0.05, 0) is 18.6 Å². The molecule has 120 valence electrons. The minimum Gasteiger partial charge on any atom is -0.479 e. The predicted molar refractivity (Wildman–Crippen MR) is 86.5 cm³/mol. The number of nitrogens with one attached hydrogen (secondary N) is 1. The third-order valence-corrected chi connectivity index (χ3v) is 3.40. The zero-order chi connectivity index (χ0) is 16.8. The molecule has 1 atom stereocenters. The van der Waals surface area contributed by atoms with Crippen molar-refractivity contribution in [3.8, 4) is 5.75 Å². The Hall–Kier alpha value is -2.60. The van der Waals surface area contributed by atoms with Crippen molar-refractivity contribution in [1.29, 1.82) is 0 Å². The standard InChI is InChI=1S/C16H15ClN2O4/c1-11(16(20)18-10-12-5-3-2-4-6-12)23-15-8-7-13(19(21)22)9-14(15)17/h2-9,11H,10H2,1H3,(H,18,20)/t11-/m0/s1. The van der Waals surface area contributed by atoms with Gasteiger partial charge in [0.05, 0.1) is 9.95 Å². The number of non-ortho nitro benzene ring substituents is 1. The van der Waals surface area contributed by atoms with Crippen LogP contribution in [0.15, 0.2) is 48.5 Å². The molecule has 0 unspecified atom stereocenters. The second-order valence-corrected chi connectivity index (χ2v) is 5.24. The maximum Gasteiger partial charge on any atom is 0.271 e. The van der Waals surface area contributed by atoms with Crippen molar-refractivity contribution in [2.75, 3.05) is 0 Å². The van der Waals surface area contributed by atoms with Crippen LogP contribution < -0.4 is 10.1 Å². The van der Waals surface area contributed by atoms with Crippen LogP contribution in [-0.4, -0.2) is 16.9 Å². The van der Waals surface area contributed by atoms with E-state index >= 15 is 0 Å². The van der Waals surface area contributed by atoms with Gasteiger partial charge in [0.1, 0.15) is 5.75 Å². The van der Waals surface area contributed by atoms with Gasteiger partial charge in [0.25, 0.3) is 11.6 Å². The van der Waals surface area contributed by atoms with Crippen LogP contribution in [0.3, 0.4) is 0 Å². The number of rotatable bonds is 6. The van der Waals surface area contributed by atoms with Crippen molar-refractivity contribution < 1.29 is 14.5 Å². The smallest absolute Gasteiger partial charge is 0.271 e. The Morgan fingerprint density at radius 1 is 1.30 bits per heavy atom. The third kappa shape index (κ3) is 4.69. The van der Waals surface area contributed by atoms with Crippen molar-refractivity contribution in [2.45, 2.75) is 19.6 Å². The summed E-state index contributed by atoms with van der Waals surface area (Å²) < 4.78 is 5.46. The summed E-state index contributed by atoms with van der Waals surface area (Å²) in [5, 5.41) is 13.5. The molecule has 0 aromatic heterocycles. The minimum absolute atomic E-state index is 0.0851. The first-order chi connectivity index (χ1) is 11.0. The number of halogens is 1. The lowest BCUT2D eigenvalue weighted by Crippen LogP contribution is -2.35. The van der Waals surface area contributed by atoms with Crippen molar-refractivity contribution in [1.82, 2.24) is 5.32 Å². The molecule has 1 N–H and O–H groups in total. The molecule has 0 aliphatic carbocycles. The van der Waals surface area contributed by atoms with E-state index in [-0.39, 0.29) is 22.4 Å². The molecule has 7 heteroatoms. The first kappa shape index (κ1) is 16.8. The van der Waals surface area contributed by atoms with Crippen LogP contribution in [0.4, 0.5) is 5.69 Å². The molecule has 0 heterocycles. The van der Waals surface area contributed by atoms with Crippen LogP contribution in [0.1, 0.15) is 12.5 Å². The SMILES string of the molecule is C[C@H](Oc1ccc([N+](=O)[O-])cc1Cl)C(=O)NCc1ccccc1. The summed E-state index contributed by atoms with van der Waals surface area (Å²) in [4.78, 5) is 22.1. The number of benzene rings is 2. The number of nitro groups is 1. The number of carbonyl (C=O) groups excluding carboxylic acids is 1. The van der Waals surface area contributed by atoms with Gasteiger partial charge < -0.3 is 10.1 Å². The predicted octanol–water partition coefficient (Wildman–Crippen LogP) is 3.33. The molecular formula is C16H15ClN2O4. The number of carbonyl (C=O) groups is 1. The first-order valence-electron chi connectivity index (χ1n) is 6.89. The largest absolute Gasteiger partial charge is 0.479 e. The lowest BCUT2D eigenvalue weighted by atomic mass is 10.2. The van der Waals surface area contributed by atoms with Crippen LogP contribution in [0.25, 0.3) is 0 Å². The summed E-state index contributed by atoms with van der Waals surface area (Å²) >= 11 is 5.93. The Morgan fingerprint density at radius 2 is 2.00 bits per heavy atom. The van der Waals surface area contributed by atoms with Crippen LogP contribution in [-0.2, 0) is 11.3 Å². The van der Waals surface area contributed by atoms with E-state index in [4.69, 9.17) is 16.3 Å². The molecule has 1 amide bonds. The normalized spacial score (nSPS) is 11.6. The van der Waals surface area contributed by atoms with Gasteiger partial charge in [-0.2, -0.15) is 0 Å². The van der Waals surface area contributed by atoms with E-state index in [2.05, 4.69) is 5.32 Å². The Kier molecular flexibility index (Phi) is 5.54. The zero-order valence-corrected chi connectivity index (χ0v) is 13.1. The van der Waals surface area contributed by atoms with E-state index in [0.717, 1.165) is 5.56 Å². The summed E-state index contributed by atoms with van der Waals surface area (Å²) in [7, 11) is 0. The second kappa shape index (κ2) is 7.60. The first-order valence-corrected chi connectivity index (χ1v) is 7.27. The number of amides is 1. The van der Waals surface area contributed by atoms with Crippen LogP contribution >= 0.6 is 11.6 Å². The van der Waals surface area contributed by atoms with Gasteiger partial charge in [-0.3, -0.25) is 14.9 Å². The molecule has 6 nitrogen and oxygen atoms in total. The molecule has 2 aromatic carbocycles. The van der Waals surface area contributed by atoms with Crippen molar-refractivity contribution >= 4 is 23.2 Å². The van der Waals surface area contributed by atoms with E-state index in [9.17, 15) is 14.9 Å². The Balaban J connectivity index is 1.94. The van der Waals surface area contributed by atoms with Crippen molar-refractivity contribution in [3.63, 3.8) is 0 Å². The molecule has 0 aliphatic heterocycles. The van der Waals surface area contributed by atoms with Gasteiger partial charge in [0.15, 0.2) is 6.10 Å². The van der Waals surface area contributed by atoms with Crippen molar-refractivity contribution in [2.24, 2.45) is 0 Å². The summed E-state index contributed by atoms with van der Waals surface area (Å²) in [6.45, 7) is 1.97. The van der Waals surface area contributed by atoms with E-state index < -0.39 is 11.0 Å². The van der Waals surface area contributed by atoms with E-state index in [1.165, 1.54) is 18.2 Å². The van der Waals surface area contributed by atoms with Gasteiger partial charge in [-0.1, -0.05) is 41.9 Å². The van der Waals surface area contributed by atoms with Crippen molar-refractivity contribution in [3.05, 3.63) is 69.2 Å². The molecule has 0 aliphatic rings. The van der Waals surface area contributed by atoms with Crippen LogP contribution in [0.5, 0.6) is 5.75 Å². The molecule has 0 bridgehead atoms. The highest BCUT2D eigenvalue weighted by Crippen LogP contribution is 2.29. The number of nitrogens with zero attached hydrogens (tertiary/aromatic N) is 1. The minimum atomic E-state index is -0.780. The van der Waals surface area contributed by atoms with Gasteiger partial charge in [-0.25, -0.2) is 0 Å². The number of ether oxygens (including phenoxy) is 1. The van der Waals surface area contributed by atoms with Crippen LogP contribution in [0.2, 0.25) is 5.02 Å². The zero-order valence-electron chi connectivity index (χ0n) is 12.4. The van der Waals surface area contributed by atoms with E-state index in [0.29, 0.717) is 6.54 Å². The quantitative estimate of drug-likeness (QED) is 0.649. The maximum absolute atomic E-state index is 12.0. The molecule has 0 saturated carbocycles. The molecule has 23 heavy (non-hydrogen) atoms. The molecule has 0 radical (unpaired) electrons. The van der Waals surface area contributed by atoms with Crippen LogP contribution in [0, 0.1) is 10.1 Å². The molecular weight excluding hydrogens is 320 g/mol. The van der Waals surface area contributed by atoms with Gasteiger partial charge in [-0.15, -0.1) is 0 Å². The Labute approximate surface area is 138 Å². The number of hydrogen-bond donors (Lipinski definition) is 1. The molecule has 0 spiro atoms. The average molecular weight is 335 g/mol. The molecule has 0 fully saturated rings. The highest BCUT2D eigenvalue weighted by Gasteiger charge is 2.17. The van der Waals surface area contributed by atoms with E-state index in [1.54, 1.807) is 6.92 Å². The lowest BCUT2D eigenvalue weighted by molar-refractivity contribution is -0.384. The lowest BCUT2D eigenvalue weighted by Gasteiger charge is -2.15. The Bertz CT molecular complexity index is 706. The monoisotopic (exact) mass is 334 g/mol. The van der Waals surface area contributed by atoms with Gasteiger partial charge >= 0.3 is 0 Å². The topological polar surface area (TPSA) is 81.5 Å². The Morgan fingerprint density at radius 3 is 2.61 bits per heavy atom. The third-order valence-electron chi connectivity index (χ3n) is 3.11. The average Bonchev–Trinajstić information content (AvgIpc) is 2.55. The highest BCUT2D eigenvalue weighted by molar-refractivity contribution is 6.32. The molecule has 0 saturated heterocycles. The number of nitro benzene ring substituents is 1. The van der Waals surface area contributed by atoms with Gasteiger partial charge in [0.2, 0.25) is 0 Å².